The van der Waals surface area contributed by atoms with Gasteiger partial charge in [-0.15, -0.1) is 0 Å². The second-order valence-electron chi connectivity index (χ2n) is 3.69. The van der Waals surface area contributed by atoms with Gasteiger partial charge in [0.1, 0.15) is 11.6 Å². The summed E-state index contributed by atoms with van der Waals surface area (Å²) in [6.45, 7) is 2.60. The van der Waals surface area contributed by atoms with Crippen LogP contribution in [-0.2, 0) is 0 Å². The van der Waals surface area contributed by atoms with Gasteiger partial charge in [0.2, 0.25) is 0 Å². The summed E-state index contributed by atoms with van der Waals surface area (Å²) in [6, 6.07) is 1.77. The third-order valence-corrected chi connectivity index (χ3v) is 2.55. The molecule has 19 heavy (non-hydrogen) atoms. The van der Waals surface area contributed by atoms with E-state index in [1.807, 2.05) is 6.92 Å². The van der Waals surface area contributed by atoms with Gasteiger partial charge in [-0.05, 0) is 13.0 Å². The van der Waals surface area contributed by atoms with Gasteiger partial charge >= 0.3 is 0 Å². The fourth-order valence-corrected chi connectivity index (χ4v) is 1.72. The van der Waals surface area contributed by atoms with Crippen molar-refractivity contribution >= 4 is 28.9 Å². The molecular formula is C12H11ClF2N4. The first-order valence-corrected chi connectivity index (χ1v) is 5.95. The van der Waals surface area contributed by atoms with Crippen LogP contribution in [0, 0.1) is 11.6 Å². The van der Waals surface area contributed by atoms with E-state index in [-0.39, 0.29) is 10.7 Å². The van der Waals surface area contributed by atoms with E-state index < -0.39 is 11.6 Å². The summed E-state index contributed by atoms with van der Waals surface area (Å²) in [5.74, 6) is -0.668. The van der Waals surface area contributed by atoms with E-state index in [0.29, 0.717) is 18.2 Å². The van der Waals surface area contributed by atoms with Gasteiger partial charge in [0.05, 0.1) is 23.1 Å². The molecule has 0 bridgehead atoms. The highest BCUT2D eigenvalue weighted by Crippen LogP contribution is 2.28. The van der Waals surface area contributed by atoms with E-state index in [4.69, 9.17) is 11.6 Å². The number of halogens is 3. The lowest BCUT2D eigenvalue weighted by molar-refractivity contribution is 0.586. The largest absolute Gasteiger partial charge is 0.369 e. The lowest BCUT2D eigenvalue weighted by atomic mass is 10.3. The molecule has 0 spiro atoms. The number of aromatic nitrogens is 2. The van der Waals surface area contributed by atoms with Gasteiger partial charge in [-0.1, -0.05) is 11.6 Å². The van der Waals surface area contributed by atoms with Crippen LogP contribution in [0.2, 0.25) is 5.02 Å². The zero-order chi connectivity index (χ0) is 13.8. The smallest absolute Gasteiger partial charge is 0.151 e. The first-order valence-electron chi connectivity index (χ1n) is 5.57. The van der Waals surface area contributed by atoms with Crippen molar-refractivity contribution < 1.29 is 8.78 Å². The Morgan fingerprint density at radius 3 is 2.63 bits per heavy atom. The van der Waals surface area contributed by atoms with Gasteiger partial charge in [-0.25, -0.2) is 13.8 Å². The molecule has 0 saturated heterocycles. The molecule has 2 rings (SSSR count). The molecule has 1 heterocycles. The molecule has 0 saturated carbocycles. The second kappa shape index (κ2) is 5.79. The van der Waals surface area contributed by atoms with Gasteiger partial charge in [0, 0.05) is 12.6 Å². The first-order chi connectivity index (χ1) is 9.10. The van der Waals surface area contributed by atoms with Crippen LogP contribution in [0.5, 0.6) is 0 Å². The number of benzene rings is 1. The number of hydrogen-bond acceptors (Lipinski definition) is 4. The summed E-state index contributed by atoms with van der Waals surface area (Å²) >= 11 is 5.78. The average Bonchev–Trinajstić information content (AvgIpc) is 2.35. The number of anilines is 3. The summed E-state index contributed by atoms with van der Waals surface area (Å²) in [5, 5.41) is 5.59. The number of hydrogen-bond donors (Lipinski definition) is 2. The van der Waals surface area contributed by atoms with Gasteiger partial charge < -0.3 is 10.6 Å². The van der Waals surface area contributed by atoms with E-state index >= 15 is 0 Å². The van der Waals surface area contributed by atoms with E-state index in [2.05, 4.69) is 20.6 Å². The van der Waals surface area contributed by atoms with Crippen LogP contribution in [0.4, 0.5) is 26.1 Å². The number of nitrogens with zero attached hydrogens (tertiary/aromatic N) is 2. The monoisotopic (exact) mass is 284 g/mol. The summed E-state index contributed by atoms with van der Waals surface area (Å²) in [4.78, 5) is 8.11. The van der Waals surface area contributed by atoms with Crippen molar-refractivity contribution in [1.82, 2.24) is 9.97 Å². The van der Waals surface area contributed by atoms with Crippen LogP contribution in [0.3, 0.4) is 0 Å². The molecule has 7 heteroatoms. The molecule has 2 N–H and O–H groups in total. The minimum Gasteiger partial charge on any atom is -0.369 e. The third kappa shape index (κ3) is 3.29. The second-order valence-corrected chi connectivity index (χ2v) is 4.10. The van der Waals surface area contributed by atoms with E-state index in [1.54, 1.807) is 0 Å². The Balaban J connectivity index is 2.28. The maximum absolute atomic E-state index is 13.6. The maximum Gasteiger partial charge on any atom is 0.151 e. The molecule has 0 aliphatic heterocycles. The highest BCUT2D eigenvalue weighted by atomic mass is 35.5. The molecule has 100 valence electrons. The fourth-order valence-electron chi connectivity index (χ4n) is 1.48. The summed E-state index contributed by atoms with van der Waals surface area (Å²) in [5.41, 5.74) is -0.0361. The predicted octanol–water partition coefficient (Wildman–Crippen LogP) is 3.58. The van der Waals surface area contributed by atoms with Crippen LogP contribution < -0.4 is 10.6 Å². The predicted molar refractivity (Wildman–Crippen MR) is 70.8 cm³/mol. The van der Waals surface area contributed by atoms with Crippen molar-refractivity contribution in [1.29, 1.82) is 0 Å². The minimum absolute atomic E-state index is 0.0361. The molecule has 1 aromatic heterocycles. The van der Waals surface area contributed by atoms with Gasteiger partial charge in [0.25, 0.3) is 0 Å². The van der Waals surface area contributed by atoms with Crippen LogP contribution in [0.1, 0.15) is 6.92 Å². The Hall–Kier alpha value is -1.95. The van der Waals surface area contributed by atoms with Gasteiger partial charge in [-0.2, -0.15) is 0 Å². The Morgan fingerprint density at radius 1 is 1.21 bits per heavy atom. The van der Waals surface area contributed by atoms with Gasteiger partial charge in [0.15, 0.2) is 11.6 Å². The quantitative estimate of drug-likeness (QED) is 0.901. The molecule has 0 unspecified atom stereocenters. The van der Waals surface area contributed by atoms with Crippen LogP contribution in [-0.4, -0.2) is 16.5 Å². The molecule has 0 fully saturated rings. The Morgan fingerprint density at radius 2 is 1.95 bits per heavy atom. The fraction of sp³-hybridized carbons (Fsp3) is 0.167. The van der Waals surface area contributed by atoms with Crippen molar-refractivity contribution in [2.45, 2.75) is 6.92 Å². The topological polar surface area (TPSA) is 49.8 Å². The van der Waals surface area contributed by atoms with E-state index in [9.17, 15) is 8.78 Å². The molecule has 0 amide bonds. The highest BCUT2D eigenvalue weighted by Gasteiger charge is 2.11. The van der Waals surface area contributed by atoms with Gasteiger partial charge in [-0.3, -0.25) is 4.98 Å². The number of nitrogens with one attached hydrogen (secondary N) is 2. The summed E-state index contributed by atoms with van der Waals surface area (Å²) in [6.07, 6.45) is 2.96. The standard InChI is InChI=1S/C12H11ClF2N4/c1-2-17-10-5-16-6-11(18-10)19-12-8(13)3-7(14)4-9(12)15/h3-6H,2H2,1H3,(H2,17,18,19). The van der Waals surface area contributed by atoms with E-state index in [0.717, 1.165) is 12.1 Å². The molecule has 0 aliphatic carbocycles. The van der Waals surface area contributed by atoms with Crippen molar-refractivity contribution in [2.75, 3.05) is 17.2 Å². The first kappa shape index (κ1) is 13.5. The van der Waals surface area contributed by atoms with Crippen LogP contribution >= 0.6 is 11.6 Å². The van der Waals surface area contributed by atoms with Crippen molar-refractivity contribution in [2.24, 2.45) is 0 Å². The van der Waals surface area contributed by atoms with Crippen molar-refractivity contribution in [3.05, 3.63) is 41.2 Å². The Bertz CT molecular complexity index is 569. The minimum atomic E-state index is -0.791. The molecular weight excluding hydrogens is 274 g/mol. The SMILES string of the molecule is CCNc1cncc(Nc2c(F)cc(F)cc2Cl)n1. The van der Waals surface area contributed by atoms with Crippen LogP contribution in [0.25, 0.3) is 0 Å². The van der Waals surface area contributed by atoms with E-state index in [1.165, 1.54) is 12.4 Å². The number of rotatable bonds is 4. The highest BCUT2D eigenvalue weighted by molar-refractivity contribution is 6.33. The summed E-state index contributed by atoms with van der Waals surface area (Å²) < 4.78 is 26.5. The Labute approximate surface area is 113 Å². The van der Waals surface area contributed by atoms with Crippen LogP contribution in [0.15, 0.2) is 24.5 Å². The molecule has 1 aromatic carbocycles. The summed E-state index contributed by atoms with van der Waals surface area (Å²) in [7, 11) is 0. The zero-order valence-corrected chi connectivity index (χ0v) is 10.8. The molecule has 2 aromatic rings. The molecule has 0 radical (unpaired) electrons. The average molecular weight is 285 g/mol. The molecule has 4 nitrogen and oxygen atoms in total. The zero-order valence-electron chi connectivity index (χ0n) is 10.0. The third-order valence-electron chi connectivity index (χ3n) is 2.25. The lowest BCUT2D eigenvalue weighted by Crippen LogP contribution is -2.03. The lowest BCUT2D eigenvalue weighted by Gasteiger charge is -2.10. The normalized spacial score (nSPS) is 10.3. The maximum atomic E-state index is 13.6. The molecule has 0 aliphatic rings. The molecule has 0 atom stereocenters. The Kier molecular flexibility index (Phi) is 4.11. The van der Waals surface area contributed by atoms with Crippen molar-refractivity contribution in [3.63, 3.8) is 0 Å². The van der Waals surface area contributed by atoms with Crippen molar-refractivity contribution in [3.8, 4) is 0 Å².